The summed E-state index contributed by atoms with van der Waals surface area (Å²) in [6, 6.07) is 2.54. The van der Waals surface area contributed by atoms with Crippen LogP contribution in [0.1, 0.15) is 23.2 Å². The first kappa shape index (κ1) is 11.0. The van der Waals surface area contributed by atoms with Crippen molar-refractivity contribution in [2.45, 2.75) is 13.3 Å². The van der Waals surface area contributed by atoms with Crippen molar-refractivity contribution in [2.24, 2.45) is 0 Å². The molecule has 0 aliphatic heterocycles. The third-order valence-corrected chi connectivity index (χ3v) is 1.74. The molecule has 1 aromatic heterocycles. The molecule has 1 heterocycles. The second-order valence-corrected chi connectivity index (χ2v) is 2.73. The third-order valence-electron chi connectivity index (χ3n) is 1.74. The van der Waals surface area contributed by atoms with Gasteiger partial charge in [0.25, 0.3) is 0 Å². The van der Waals surface area contributed by atoms with Gasteiger partial charge in [-0.15, -0.1) is 0 Å². The molecule has 1 rings (SSSR count). The van der Waals surface area contributed by atoms with Crippen LogP contribution in [-0.2, 0) is 0 Å². The molecule has 0 aromatic carbocycles. The van der Waals surface area contributed by atoms with Gasteiger partial charge in [-0.1, -0.05) is 0 Å². The summed E-state index contributed by atoms with van der Waals surface area (Å²) in [6.07, 6.45) is -3.00. The van der Waals surface area contributed by atoms with Gasteiger partial charge in [0.05, 0.1) is 0 Å². The van der Waals surface area contributed by atoms with Gasteiger partial charge in [0.15, 0.2) is 0 Å². The van der Waals surface area contributed by atoms with Gasteiger partial charge in [-0.2, -0.15) is 5.26 Å². The van der Waals surface area contributed by atoms with Gasteiger partial charge < -0.3 is 10.1 Å². The number of hydrogen-bond donors (Lipinski definition) is 0. The minimum Gasteiger partial charge on any atom is -0.358 e. The molecule has 1 aromatic rings. The lowest BCUT2D eigenvalue weighted by atomic mass is 10.1. The number of pyridine rings is 1. The first-order valence-corrected chi connectivity index (χ1v) is 3.81. The Morgan fingerprint density at radius 1 is 1.67 bits per heavy atom. The Morgan fingerprint density at radius 3 is 2.67 bits per heavy atom. The molecule has 0 fully saturated rings. The predicted octanol–water partition coefficient (Wildman–Crippen LogP) is 2.11. The zero-order valence-electron chi connectivity index (χ0n) is 7.57. The SMILES string of the molecule is Cc1cc([N+](=O)[O-])nc(C(F)F)c1C#N. The minimum atomic E-state index is -3.00. The van der Waals surface area contributed by atoms with Crippen LogP contribution in [0.3, 0.4) is 0 Å². The number of rotatable bonds is 2. The van der Waals surface area contributed by atoms with Gasteiger partial charge in [0, 0.05) is 6.07 Å². The minimum absolute atomic E-state index is 0.120. The van der Waals surface area contributed by atoms with Crippen LogP contribution in [0.4, 0.5) is 14.6 Å². The maximum atomic E-state index is 12.4. The average molecular weight is 213 g/mol. The number of nitro groups is 1. The van der Waals surface area contributed by atoms with Crippen LogP contribution < -0.4 is 0 Å². The molecule has 0 spiro atoms. The van der Waals surface area contributed by atoms with Crippen molar-refractivity contribution in [2.75, 3.05) is 0 Å². The van der Waals surface area contributed by atoms with E-state index in [1.165, 1.54) is 6.92 Å². The highest BCUT2D eigenvalue weighted by Gasteiger charge is 2.25. The molecule has 0 saturated carbocycles. The van der Waals surface area contributed by atoms with Gasteiger partial charge >= 0.3 is 12.2 Å². The third kappa shape index (κ3) is 2.04. The molecule has 0 radical (unpaired) electrons. The molecule has 0 amide bonds. The quantitative estimate of drug-likeness (QED) is 0.556. The van der Waals surface area contributed by atoms with E-state index in [2.05, 4.69) is 4.98 Å². The van der Waals surface area contributed by atoms with Crippen LogP contribution >= 0.6 is 0 Å². The smallest absolute Gasteiger partial charge is 0.358 e. The highest BCUT2D eigenvalue weighted by atomic mass is 19.3. The van der Waals surface area contributed by atoms with Gasteiger partial charge in [-0.3, -0.25) is 0 Å². The van der Waals surface area contributed by atoms with Crippen LogP contribution in [-0.4, -0.2) is 9.91 Å². The summed E-state index contributed by atoms with van der Waals surface area (Å²) in [7, 11) is 0. The van der Waals surface area contributed by atoms with Crippen molar-refractivity contribution in [3.8, 4) is 6.07 Å². The summed E-state index contributed by atoms with van der Waals surface area (Å²) in [5.74, 6) is -0.679. The van der Waals surface area contributed by atoms with E-state index in [0.29, 0.717) is 0 Å². The van der Waals surface area contributed by atoms with Gasteiger partial charge in [-0.25, -0.2) is 8.78 Å². The monoisotopic (exact) mass is 213 g/mol. The Hall–Kier alpha value is -2.10. The molecule has 0 aliphatic rings. The average Bonchev–Trinajstić information content (AvgIpc) is 2.16. The Morgan fingerprint density at radius 2 is 2.27 bits per heavy atom. The number of halogens is 2. The van der Waals surface area contributed by atoms with Crippen molar-refractivity contribution in [3.63, 3.8) is 0 Å². The summed E-state index contributed by atoms with van der Waals surface area (Å²) in [6.45, 7) is 1.35. The van der Waals surface area contributed by atoms with Crippen LogP contribution in [0.15, 0.2) is 6.07 Å². The Kier molecular flexibility index (Phi) is 2.90. The van der Waals surface area contributed by atoms with E-state index in [-0.39, 0.29) is 11.1 Å². The standard InChI is InChI=1S/C8H5F2N3O2/c1-4-2-6(13(14)15)12-7(8(9)10)5(4)3-11/h2,8H,1H3. The molecular weight excluding hydrogens is 208 g/mol. The topological polar surface area (TPSA) is 79.8 Å². The summed E-state index contributed by atoms with van der Waals surface area (Å²) in [4.78, 5) is 12.6. The van der Waals surface area contributed by atoms with E-state index in [1.54, 1.807) is 6.07 Å². The van der Waals surface area contributed by atoms with Crippen LogP contribution in [0.25, 0.3) is 0 Å². The Labute approximate surface area is 83.1 Å². The molecule has 0 N–H and O–H groups in total. The van der Waals surface area contributed by atoms with E-state index < -0.39 is 22.9 Å². The number of aryl methyl sites for hydroxylation is 1. The molecule has 78 valence electrons. The molecule has 0 atom stereocenters. The molecule has 0 bridgehead atoms. The maximum absolute atomic E-state index is 12.4. The zero-order chi connectivity index (χ0) is 11.6. The van der Waals surface area contributed by atoms with Gasteiger partial charge in [0.1, 0.15) is 11.6 Å². The fourth-order valence-electron chi connectivity index (χ4n) is 1.08. The highest BCUT2D eigenvalue weighted by molar-refractivity contribution is 5.45. The predicted molar refractivity (Wildman–Crippen MR) is 45.3 cm³/mol. The van der Waals surface area contributed by atoms with E-state index in [1.807, 2.05) is 0 Å². The zero-order valence-corrected chi connectivity index (χ0v) is 7.57. The van der Waals surface area contributed by atoms with Crippen molar-refractivity contribution >= 4 is 5.82 Å². The van der Waals surface area contributed by atoms with Crippen LogP contribution in [0, 0.1) is 28.4 Å². The lowest BCUT2D eigenvalue weighted by Crippen LogP contribution is -2.02. The van der Waals surface area contributed by atoms with Crippen LogP contribution in [0.2, 0.25) is 0 Å². The first-order chi connectivity index (χ1) is 6.97. The number of nitriles is 1. The summed E-state index contributed by atoms with van der Waals surface area (Å²) >= 11 is 0. The van der Waals surface area contributed by atoms with Crippen molar-refractivity contribution in [1.29, 1.82) is 5.26 Å². The van der Waals surface area contributed by atoms with Crippen molar-refractivity contribution in [3.05, 3.63) is 33.0 Å². The van der Waals surface area contributed by atoms with E-state index in [4.69, 9.17) is 5.26 Å². The van der Waals surface area contributed by atoms with Gasteiger partial charge in [-0.05, 0) is 22.4 Å². The van der Waals surface area contributed by atoms with Crippen molar-refractivity contribution in [1.82, 2.24) is 4.98 Å². The fraction of sp³-hybridized carbons (Fsp3) is 0.250. The van der Waals surface area contributed by atoms with Crippen molar-refractivity contribution < 1.29 is 13.7 Å². The molecule has 15 heavy (non-hydrogen) atoms. The maximum Gasteiger partial charge on any atom is 0.364 e. The van der Waals surface area contributed by atoms with E-state index in [0.717, 1.165) is 6.07 Å². The number of aromatic nitrogens is 1. The summed E-state index contributed by atoms with van der Waals surface area (Å²) in [5, 5.41) is 18.9. The first-order valence-electron chi connectivity index (χ1n) is 3.81. The molecular formula is C8H5F2N3O2. The number of nitrogens with zero attached hydrogens (tertiary/aromatic N) is 3. The largest absolute Gasteiger partial charge is 0.364 e. The second kappa shape index (κ2) is 3.96. The Balaban J connectivity index is 3.47. The van der Waals surface area contributed by atoms with Crippen LogP contribution in [0.5, 0.6) is 0 Å². The lowest BCUT2D eigenvalue weighted by Gasteiger charge is -2.01. The summed E-state index contributed by atoms with van der Waals surface area (Å²) in [5.41, 5.74) is -1.03. The molecule has 5 nitrogen and oxygen atoms in total. The lowest BCUT2D eigenvalue weighted by molar-refractivity contribution is -0.389. The Bertz CT molecular complexity index is 454. The van der Waals surface area contributed by atoms with E-state index >= 15 is 0 Å². The van der Waals surface area contributed by atoms with Gasteiger partial charge in [0.2, 0.25) is 5.69 Å². The number of hydrogen-bond acceptors (Lipinski definition) is 4. The fourth-order valence-corrected chi connectivity index (χ4v) is 1.08. The molecule has 0 aliphatic carbocycles. The summed E-state index contributed by atoms with van der Waals surface area (Å²) < 4.78 is 24.8. The number of alkyl halides is 2. The normalized spacial score (nSPS) is 10.1. The highest BCUT2D eigenvalue weighted by Crippen LogP contribution is 2.25. The second-order valence-electron chi connectivity index (χ2n) is 2.73. The van der Waals surface area contributed by atoms with E-state index in [9.17, 15) is 18.9 Å². The molecule has 0 unspecified atom stereocenters. The molecule has 7 heteroatoms. The molecule has 0 saturated heterocycles.